The van der Waals surface area contributed by atoms with Crippen molar-refractivity contribution in [3.05, 3.63) is 71.6 Å². The van der Waals surface area contributed by atoms with E-state index in [-0.39, 0.29) is 18.6 Å². The van der Waals surface area contributed by atoms with Gasteiger partial charge in [0.05, 0.1) is 18.9 Å². The van der Waals surface area contributed by atoms with Gasteiger partial charge in [0.2, 0.25) is 0 Å². The average Bonchev–Trinajstić information content (AvgIpc) is 2.96. The highest BCUT2D eigenvalue weighted by molar-refractivity contribution is 6.08. The Kier molecular flexibility index (Phi) is 9.05. The van der Waals surface area contributed by atoms with Crippen molar-refractivity contribution in [2.75, 3.05) is 18.5 Å². The molecular formula is C29H34N6O3. The monoisotopic (exact) mass is 514 g/mol. The van der Waals surface area contributed by atoms with Gasteiger partial charge in [0.15, 0.2) is 12.4 Å². The highest BCUT2D eigenvalue weighted by atomic mass is 16.5. The number of nitrogens with one attached hydrogen (secondary N) is 3. The first-order chi connectivity index (χ1) is 18.5. The maximum absolute atomic E-state index is 12.3. The Hall–Kier alpha value is -4.24. The molecule has 0 saturated carbocycles. The first-order valence-electron chi connectivity index (χ1n) is 12.8. The zero-order valence-electron chi connectivity index (χ0n) is 21.8. The molecule has 0 atom stereocenters. The average molecular weight is 515 g/mol. The van der Waals surface area contributed by atoms with E-state index in [9.17, 15) is 4.79 Å². The number of fused-ring (bicyclic) bond motifs is 1. The van der Waals surface area contributed by atoms with Crippen LogP contribution < -0.4 is 21.1 Å². The maximum atomic E-state index is 12.3. The minimum Gasteiger partial charge on any atom is -0.484 e. The molecule has 0 saturated heterocycles. The summed E-state index contributed by atoms with van der Waals surface area (Å²) in [5, 5.41) is 13.9. The number of anilines is 2. The molecule has 2 aromatic carbocycles. The molecule has 0 unspecified atom stereocenters. The summed E-state index contributed by atoms with van der Waals surface area (Å²) >= 11 is 0. The first kappa shape index (κ1) is 26.8. The summed E-state index contributed by atoms with van der Waals surface area (Å²) in [6.07, 6.45) is 5.10. The number of hydrogen-bond donors (Lipinski definition) is 4. The summed E-state index contributed by atoms with van der Waals surface area (Å²) in [6.45, 7) is 5.08. The van der Waals surface area contributed by atoms with Gasteiger partial charge >= 0.3 is 0 Å². The third-order valence-electron chi connectivity index (χ3n) is 6.45. The largest absolute Gasteiger partial charge is 0.484 e. The van der Waals surface area contributed by atoms with Crippen LogP contribution in [0.25, 0.3) is 17.0 Å². The molecule has 1 aliphatic heterocycles. The number of carbonyl (C=O) groups is 1. The van der Waals surface area contributed by atoms with Crippen molar-refractivity contribution in [3.63, 3.8) is 0 Å². The van der Waals surface area contributed by atoms with Gasteiger partial charge < -0.3 is 31.3 Å². The minimum atomic E-state index is -0.138. The van der Waals surface area contributed by atoms with Crippen LogP contribution in [0.15, 0.2) is 54.7 Å². The van der Waals surface area contributed by atoms with Crippen molar-refractivity contribution < 1.29 is 14.3 Å². The van der Waals surface area contributed by atoms with E-state index in [1.807, 2.05) is 48.5 Å². The molecule has 0 bridgehead atoms. The Morgan fingerprint density at radius 1 is 1.18 bits per heavy atom. The molecule has 0 spiro atoms. The summed E-state index contributed by atoms with van der Waals surface area (Å²) in [5.41, 5.74) is 10.6. The second-order valence-electron chi connectivity index (χ2n) is 8.99. The number of ether oxygens (including phenoxy) is 2. The third kappa shape index (κ3) is 6.54. The number of carbonyl (C=O) groups excluding carboxylic acids is 1. The number of nitrogens with two attached hydrogens (primary N) is 1. The number of nitrogens with zero attached hydrogens (tertiary/aromatic N) is 2. The van der Waals surface area contributed by atoms with E-state index in [4.69, 9.17) is 30.6 Å². The fourth-order valence-electron chi connectivity index (χ4n) is 4.21. The highest BCUT2D eigenvalue weighted by Crippen LogP contribution is 2.30. The molecule has 5 N–H and O–H groups in total. The van der Waals surface area contributed by atoms with Crippen molar-refractivity contribution in [2.45, 2.75) is 45.8 Å². The quantitative estimate of drug-likeness (QED) is 0.275. The summed E-state index contributed by atoms with van der Waals surface area (Å²) in [7, 11) is 0. The molecule has 0 radical (unpaired) electrons. The summed E-state index contributed by atoms with van der Waals surface area (Å²) in [5.74, 6) is 1.68. The van der Waals surface area contributed by atoms with Crippen LogP contribution in [0.1, 0.15) is 43.5 Å². The van der Waals surface area contributed by atoms with Crippen molar-refractivity contribution in [3.8, 4) is 17.1 Å². The molecule has 2 heterocycles. The molecule has 1 amide bonds. The van der Waals surface area contributed by atoms with Crippen molar-refractivity contribution >= 4 is 29.2 Å². The Morgan fingerprint density at radius 3 is 2.68 bits per heavy atom. The van der Waals surface area contributed by atoms with Crippen LogP contribution in [-0.4, -0.2) is 41.3 Å². The van der Waals surface area contributed by atoms with Gasteiger partial charge in [-0.3, -0.25) is 4.79 Å². The Morgan fingerprint density at radius 2 is 1.97 bits per heavy atom. The molecule has 9 nitrogen and oxygen atoms in total. The zero-order chi connectivity index (χ0) is 26.9. The van der Waals surface area contributed by atoms with E-state index >= 15 is 0 Å². The van der Waals surface area contributed by atoms with Crippen molar-refractivity contribution in [1.82, 2.24) is 15.3 Å². The lowest BCUT2D eigenvalue weighted by Crippen LogP contribution is -2.37. The van der Waals surface area contributed by atoms with Crippen LogP contribution in [0.3, 0.4) is 0 Å². The van der Waals surface area contributed by atoms with E-state index in [2.05, 4.69) is 24.5 Å². The molecule has 38 heavy (non-hydrogen) atoms. The molecule has 3 aromatic rings. The molecule has 0 aliphatic carbocycles. The lowest BCUT2D eigenvalue weighted by Gasteiger charge is -2.20. The highest BCUT2D eigenvalue weighted by Gasteiger charge is 2.20. The van der Waals surface area contributed by atoms with E-state index in [1.54, 1.807) is 0 Å². The van der Waals surface area contributed by atoms with Crippen LogP contribution in [0.4, 0.5) is 11.5 Å². The minimum absolute atomic E-state index is 0.0514. The second kappa shape index (κ2) is 12.8. The number of benzene rings is 2. The predicted molar refractivity (Wildman–Crippen MR) is 150 cm³/mol. The number of amides is 1. The van der Waals surface area contributed by atoms with E-state index in [1.165, 1.54) is 12.4 Å². The van der Waals surface area contributed by atoms with Crippen LogP contribution in [0.5, 0.6) is 5.75 Å². The fourth-order valence-corrected chi connectivity index (χ4v) is 4.21. The first-order valence-corrected chi connectivity index (χ1v) is 12.8. The summed E-state index contributed by atoms with van der Waals surface area (Å²) in [6, 6.07) is 15.3. The number of allylic oxidation sites excluding steroid dienone is 1. The van der Waals surface area contributed by atoms with Crippen LogP contribution >= 0.6 is 0 Å². The Balaban J connectivity index is 1.56. The van der Waals surface area contributed by atoms with Gasteiger partial charge in [0.25, 0.3) is 5.91 Å². The third-order valence-corrected chi connectivity index (χ3v) is 6.45. The SMILES string of the molecule is CCC(CC)NC(=O)COc1cccc(-c2nc3c(c(Nc4ccc(/C(C=N)=C/N)cc4)n2)COCC3)c1. The van der Waals surface area contributed by atoms with Crippen molar-refractivity contribution in [2.24, 2.45) is 5.73 Å². The number of aromatic nitrogens is 2. The zero-order valence-corrected chi connectivity index (χ0v) is 21.8. The lowest BCUT2D eigenvalue weighted by molar-refractivity contribution is -0.123. The Labute approximate surface area is 223 Å². The maximum Gasteiger partial charge on any atom is 0.258 e. The molecule has 4 rings (SSSR count). The van der Waals surface area contributed by atoms with E-state index in [0.29, 0.717) is 42.6 Å². The van der Waals surface area contributed by atoms with Gasteiger partial charge in [-0.15, -0.1) is 0 Å². The van der Waals surface area contributed by atoms with Crippen LogP contribution in [-0.2, 0) is 22.6 Å². The topological polar surface area (TPSA) is 135 Å². The molecule has 1 aromatic heterocycles. The second-order valence-corrected chi connectivity index (χ2v) is 8.99. The molecule has 1 aliphatic rings. The van der Waals surface area contributed by atoms with Gasteiger partial charge in [-0.05, 0) is 42.7 Å². The fraction of sp³-hybridized carbons (Fsp3) is 0.310. The van der Waals surface area contributed by atoms with Gasteiger partial charge in [-0.1, -0.05) is 38.1 Å². The molecule has 9 heteroatoms. The number of rotatable bonds is 11. The molecular weight excluding hydrogens is 480 g/mol. The van der Waals surface area contributed by atoms with E-state index < -0.39 is 0 Å². The molecule has 198 valence electrons. The smallest absolute Gasteiger partial charge is 0.258 e. The predicted octanol–water partition coefficient (Wildman–Crippen LogP) is 4.59. The van der Waals surface area contributed by atoms with Crippen LogP contribution in [0.2, 0.25) is 0 Å². The van der Waals surface area contributed by atoms with Gasteiger partial charge in [-0.25, -0.2) is 9.97 Å². The van der Waals surface area contributed by atoms with Gasteiger partial charge in [-0.2, -0.15) is 0 Å². The standard InChI is InChI=1S/C29H34N6O3/c1-3-22(4-2)32-27(36)18-38-24-7-5-6-20(14-24)28-34-26-12-13-37-17-25(26)29(35-28)33-23-10-8-19(9-11-23)21(15-30)16-31/h5-11,14-16,22,30H,3-4,12-13,17-18,31H2,1-2H3,(H,32,36)(H,33,34,35)/b21-16+,30-15?. The summed E-state index contributed by atoms with van der Waals surface area (Å²) in [4.78, 5) is 21.9. The van der Waals surface area contributed by atoms with Crippen molar-refractivity contribution in [1.29, 1.82) is 5.41 Å². The van der Waals surface area contributed by atoms with Crippen LogP contribution in [0, 0.1) is 5.41 Å². The van der Waals surface area contributed by atoms with E-state index in [0.717, 1.165) is 40.9 Å². The normalized spacial score (nSPS) is 13.1. The Bertz CT molecular complexity index is 1300. The summed E-state index contributed by atoms with van der Waals surface area (Å²) < 4.78 is 11.5. The van der Waals surface area contributed by atoms with Gasteiger partial charge in [0, 0.05) is 47.3 Å². The molecule has 0 fully saturated rings. The lowest BCUT2D eigenvalue weighted by atomic mass is 10.1. The van der Waals surface area contributed by atoms with Gasteiger partial charge in [0.1, 0.15) is 11.6 Å². The number of hydrogen-bond acceptors (Lipinski definition) is 8.